The molecule has 1 amide bonds. The maximum atomic E-state index is 12.8. The second-order valence-corrected chi connectivity index (χ2v) is 7.79. The van der Waals surface area contributed by atoms with Crippen molar-refractivity contribution < 1.29 is 9.53 Å². The molecule has 2 fully saturated rings. The number of piperidine rings is 1. The molecule has 1 aromatic rings. The summed E-state index contributed by atoms with van der Waals surface area (Å²) in [5.74, 6) is 1.03. The minimum absolute atomic E-state index is 0.0518. The lowest BCUT2D eigenvalue weighted by molar-refractivity contribution is -0.140. The molecule has 0 spiro atoms. The minimum atomic E-state index is -0.204. The number of hydrogen-bond acceptors (Lipinski definition) is 5. The van der Waals surface area contributed by atoms with Crippen LogP contribution in [0.3, 0.4) is 0 Å². The van der Waals surface area contributed by atoms with Crippen molar-refractivity contribution in [2.75, 3.05) is 26.2 Å². The Morgan fingerprint density at radius 1 is 1.52 bits per heavy atom. The standard InChI is InChI=1S/C17H27N3O2S/c1-11(2)14-10-23-16(19-14)13-5-4-7-20(9-13)17(21)15-12(3)22-8-6-18-15/h10-13,15,18H,4-9H2,1-3H3/t12-,13?,15+/m1/s1. The number of carbonyl (C=O) groups excluding carboxylic acids is 1. The molecule has 5 nitrogen and oxygen atoms in total. The Hall–Kier alpha value is -0.980. The SMILES string of the molecule is CC(C)c1csc(C2CCCN(C(=O)[C@H]3NCCO[C@@H]3C)C2)n1. The number of likely N-dealkylation sites (tertiary alicyclic amines) is 1. The van der Waals surface area contributed by atoms with Gasteiger partial charge in [0.2, 0.25) is 5.91 Å². The van der Waals surface area contributed by atoms with E-state index >= 15 is 0 Å². The number of nitrogens with zero attached hydrogens (tertiary/aromatic N) is 2. The van der Waals surface area contributed by atoms with Gasteiger partial charge < -0.3 is 15.0 Å². The van der Waals surface area contributed by atoms with E-state index in [1.165, 1.54) is 10.7 Å². The smallest absolute Gasteiger partial charge is 0.242 e. The van der Waals surface area contributed by atoms with E-state index in [-0.39, 0.29) is 18.1 Å². The molecule has 0 saturated carbocycles. The normalized spacial score (nSPS) is 29.0. The molecule has 2 aliphatic rings. The summed E-state index contributed by atoms with van der Waals surface area (Å²) in [4.78, 5) is 19.6. The number of morpholine rings is 1. The summed E-state index contributed by atoms with van der Waals surface area (Å²) < 4.78 is 5.62. The predicted octanol–water partition coefficient (Wildman–Crippen LogP) is 2.35. The number of carbonyl (C=O) groups is 1. The van der Waals surface area contributed by atoms with Crippen molar-refractivity contribution in [3.8, 4) is 0 Å². The number of amides is 1. The Bertz CT molecular complexity index is 546. The summed E-state index contributed by atoms with van der Waals surface area (Å²) in [5.41, 5.74) is 1.17. The van der Waals surface area contributed by atoms with Crippen LogP contribution >= 0.6 is 11.3 Å². The summed E-state index contributed by atoms with van der Waals surface area (Å²) in [6.07, 6.45) is 2.12. The number of nitrogens with one attached hydrogen (secondary N) is 1. The number of thiazole rings is 1. The second kappa shape index (κ2) is 7.28. The molecule has 0 aromatic carbocycles. The van der Waals surface area contributed by atoms with Crippen LogP contribution in [0.1, 0.15) is 56.2 Å². The molecule has 3 heterocycles. The highest BCUT2D eigenvalue weighted by Crippen LogP contribution is 2.31. The van der Waals surface area contributed by atoms with Crippen LogP contribution < -0.4 is 5.32 Å². The molecule has 128 valence electrons. The van der Waals surface area contributed by atoms with Gasteiger partial charge in [0.15, 0.2) is 0 Å². The Kier molecular flexibility index (Phi) is 5.34. The molecular weight excluding hydrogens is 310 g/mol. The zero-order chi connectivity index (χ0) is 16.4. The van der Waals surface area contributed by atoms with Crippen LogP contribution in [0, 0.1) is 0 Å². The van der Waals surface area contributed by atoms with Crippen molar-refractivity contribution in [3.05, 3.63) is 16.1 Å². The topological polar surface area (TPSA) is 54.5 Å². The van der Waals surface area contributed by atoms with Gasteiger partial charge in [-0.15, -0.1) is 11.3 Å². The minimum Gasteiger partial charge on any atom is -0.375 e. The zero-order valence-corrected chi connectivity index (χ0v) is 15.1. The van der Waals surface area contributed by atoms with Gasteiger partial charge in [0.25, 0.3) is 0 Å². The Labute approximate surface area is 142 Å². The molecule has 6 heteroatoms. The number of rotatable bonds is 3. The molecule has 23 heavy (non-hydrogen) atoms. The number of aromatic nitrogens is 1. The van der Waals surface area contributed by atoms with Crippen LogP contribution in [0.15, 0.2) is 5.38 Å². The van der Waals surface area contributed by atoms with Gasteiger partial charge in [-0.05, 0) is 25.7 Å². The third kappa shape index (κ3) is 3.75. The molecule has 1 N–H and O–H groups in total. The highest BCUT2D eigenvalue weighted by molar-refractivity contribution is 7.09. The van der Waals surface area contributed by atoms with Gasteiger partial charge in [0, 0.05) is 30.9 Å². The van der Waals surface area contributed by atoms with E-state index in [4.69, 9.17) is 9.72 Å². The predicted molar refractivity (Wildman–Crippen MR) is 92.0 cm³/mol. The first kappa shape index (κ1) is 16.9. The fourth-order valence-corrected chi connectivity index (χ4v) is 4.45. The van der Waals surface area contributed by atoms with Gasteiger partial charge in [-0.1, -0.05) is 13.8 Å². The number of ether oxygens (including phenoxy) is 1. The van der Waals surface area contributed by atoms with Crippen molar-refractivity contribution in [2.45, 2.75) is 57.6 Å². The van der Waals surface area contributed by atoms with Crippen molar-refractivity contribution in [2.24, 2.45) is 0 Å². The molecule has 0 bridgehead atoms. The summed E-state index contributed by atoms with van der Waals surface area (Å²) in [6.45, 7) is 9.40. The molecule has 3 rings (SSSR count). The third-order valence-corrected chi connectivity index (χ3v) is 5.82. The zero-order valence-electron chi connectivity index (χ0n) is 14.2. The van der Waals surface area contributed by atoms with Gasteiger partial charge >= 0.3 is 0 Å². The second-order valence-electron chi connectivity index (χ2n) is 6.90. The van der Waals surface area contributed by atoms with Gasteiger partial charge in [0.1, 0.15) is 6.04 Å². The van der Waals surface area contributed by atoms with Crippen LogP contribution in [0.5, 0.6) is 0 Å². The van der Waals surface area contributed by atoms with Crippen molar-refractivity contribution in [1.29, 1.82) is 0 Å². The van der Waals surface area contributed by atoms with Crippen LogP contribution in [0.25, 0.3) is 0 Å². The highest BCUT2D eigenvalue weighted by Gasteiger charge is 2.34. The fourth-order valence-electron chi connectivity index (χ4n) is 3.34. The first-order chi connectivity index (χ1) is 11.1. The molecule has 1 unspecified atom stereocenters. The third-order valence-electron chi connectivity index (χ3n) is 4.80. The van der Waals surface area contributed by atoms with Crippen LogP contribution in [-0.2, 0) is 9.53 Å². The van der Waals surface area contributed by atoms with Gasteiger partial charge in [0.05, 0.1) is 23.4 Å². The van der Waals surface area contributed by atoms with Crippen LogP contribution in [0.4, 0.5) is 0 Å². The van der Waals surface area contributed by atoms with Crippen molar-refractivity contribution in [3.63, 3.8) is 0 Å². The monoisotopic (exact) mass is 337 g/mol. The Balaban J connectivity index is 1.66. The molecular formula is C17H27N3O2S. The lowest BCUT2D eigenvalue weighted by Gasteiger charge is -2.37. The molecule has 3 atom stereocenters. The van der Waals surface area contributed by atoms with E-state index in [0.29, 0.717) is 18.4 Å². The molecule has 1 aromatic heterocycles. The van der Waals surface area contributed by atoms with E-state index in [1.54, 1.807) is 11.3 Å². The average Bonchev–Trinajstić information content (AvgIpc) is 3.05. The van der Waals surface area contributed by atoms with E-state index < -0.39 is 0 Å². The molecule has 2 saturated heterocycles. The summed E-state index contributed by atoms with van der Waals surface area (Å²) in [7, 11) is 0. The molecule has 0 radical (unpaired) electrons. The maximum Gasteiger partial charge on any atom is 0.242 e. The molecule has 0 aliphatic carbocycles. The Morgan fingerprint density at radius 3 is 3.04 bits per heavy atom. The van der Waals surface area contributed by atoms with Gasteiger partial charge in [-0.2, -0.15) is 0 Å². The number of hydrogen-bond donors (Lipinski definition) is 1. The van der Waals surface area contributed by atoms with Crippen LogP contribution in [-0.4, -0.2) is 54.2 Å². The van der Waals surface area contributed by atoms with E-state index in [2.05, 4.69) is 24.5 Å². The van der Waals surface area contributed by atoms with Crippen LogP contribution in [0.2, 0.25) is 0 Å². The summed E-state index contributed by atoms with van der Waals surface area (Å²) in [6, 6.07) is -0.204. The summed E-state index contributed by atoms with van der Waals surface area (Å²) >= 11 is 1.74. The lowest BCUT2D eigenvalue weighted by Crippen LogP contribution is -2.57. The average molecular weight is 337 g/mol. The summed E-state index contributed by atoms with van der Waals surface area (Å²) in [5, 5.41) is 6.66. The van der Waals surface area contributed by atoms with Crippen molar-refractivity contribution >= 4 is 17.2 Å². The van der Waals surface area contributed by atoms with Crippen molar-refractivity contribution in [1.82, 2.24) is 15.2 Å². The quantitative estimate of drug-likeness (QED) is 0.920. The van der Waals surface area contributed by atoms with E-state index in [1.807, 2.05) is 11.8 Å². The lowest BCUT2D eigenvalue weighted by atomic mass is 9.97. The largest absolute Gasteiger partial charge is 0.375 e. The molecule has 2 aliphatic heterocycles. The fraction of sp³-hybridized carbons (Fsp3) is 0.765. The highest BCUT2D eigenvalue weighted by atomic mass is 32.1. The van der Waals surface area contributed by atoms with E-state index in [0.717, 1.165) is 32.5 Å². The first-order valence-corrected chi connectivity index (χ1v) is 9.53. The maximum absolute atomic E-state index is 12.8. The Morgan fingerprint density at radius 2 is 2.35 bits per heavy atom. The van der Waals surface area contributed by atoms with Gasteiger partial charge in [-0.3, -0.25) is 4.79 Å². The van der Waals surface area contributed by atoms with E-state index in [9.17, 15) is 4.79 Å². The van der Waals surface area contributed by atoms with Gasteiger partial charge in [-0.25, -0.2) is 4.98 Å². The first-order valence-electron chi connectivity index (χ1n) is 8.65.